The Kier molecular flexibility index (Phi) is 9.16. The molecule has 0 saturated heterocycles. The minimum Gasteiger partial charge on any atom is -0.460 e. The molecule has 0 N–H and O–H groups in total. The van der Waals surface area contributed by atoms with Crippen molar-refractivity contribution in [1.29, 1.82) is 0 Å². The highest BCUT2D eigenvalue weighted by Gasteiger charge is 2.39. The average molecular weight is 450 g/mol. The van der Waals surface area contributed by atoms with E-state index in [1.54, 1.807) is 0 Å². The van der Waals surface area contributed by atoms with Gasteiger partial charge in [-0.1, -0.05) is 109 Å². The molecular formula is C29H39NO3. The van der Waals surface area contributed by atoms with Gasteiger partial charge in [0.1, 0.15) is 17.9 Å². The molecule has 0 amide bonds. The Labute approximate surface area is 199 Å². The van der Waals surface area contributed by atoms with Crippen LogP contribution in [0.2, 0.25) is 0 Å². The van der Waals surface area contributed by atoms with Gasteiger partial charge in [0.15, 0.2) is 0 Å². The van der Waals surface area contributed by atoms with Crippen molar-refractivity contribution in [2.75, 3.05) is 0 Å². The van der Waals surface area contributed by atoms with E-state index in [9.17, 15) is 9.59 Å². The average Bonchev–Trinajstić information content (AvgIpc) is 2.76. The number of ether oxygens (including phenoxy) is 1. The van der Waals surface area contributed by atoms with Gasteiger partial charge in [-0.3, -0.25) is 9.79 Å². The standard InChI is InChI=1S/C29H39NO3/c1-8-23(31)19-20-24(26(32)33-27(28(2,3)4)29(5,6)7)30-25(21-15-11-9-12-16-21)22-17-13-10-14-18-22/h9-18,24,27H,8,19-20H2,1-7H3/t24-/m1/s1. The molecule has 0 radical (unpaired) electrons. The molecule has 0 saturated carbocycles. The monoisotopic (exact) mass is 449 g/mol. The summed E-state index contributed by atoms with van der Waals surface area (Å²) >= 11 is 0. The molecule has 0 bridgehead atoms. The first kappa shape index (κ1) is 26.5. The summed E-state index contributed by atoms with van der Waals surface area (Å²) in [4.78, 5) is 30.5. The molecular weight excluding hydrogens is 410 g/mol. The molecule has 0 unspecified atom stereocenters. The fourth-order valence-electron chi connectivity index (χ4n) is 4.22. The van der Waals surface area contributed by atoms with Gasteiger partial charge in [0, 0.05) is 24.0 Å². The molecule has 0 heterocycles. The number of Topliss-reactive ketones (excluding diaryl/α,β-unsaturated/α-hetero) is 1. The van der Waals surface area contributed by atoms with Gasteiger partial charge in [0.2, 0.25) is 0 Å². The van der Waals surface area contributed by atoms with Gasteiger partial charge in [0.05, 0.1) is 5.71 Å². The van der Waals surface area contributed by atoms with Crippen LogP contribution in [0.15, 0.2) is 65.7 Å². The minimum atomic E-state index is -0.761. The maximum Gasteiger partial charge on any atom is 0.331 e. The highest BCUT2D eigenvalue weighted by molar-refractivity contribution is 6.13. The van der Waals surface area contributed by atoms with Crippen LogP contribution in [0, 0.1) is 10.8 Å². The van der Waals surface area contributed by atoms with Crippen molar-refractivity contribution < 1.29 is 14.3 Å². The predicted molar refractivity (Wildman–Crippen MR) is 136 cm³/mol. The third kappa shape index (κ3) is 7.96. The summed E-state index contributed by atoms with van der Waals surface area (Å²) in [6.07, 6.45) is 0.776. The zero-order valence-electron chi connectivity index (χ0n) is 21.2. The molecule has 2 aromatic rings. The van der Waals surface area contributed by atoms with E-state index in [1.807, 2.05) is 67.6 Å². The van der Waals surface area contributed by atoms with E-state index in [0.29, 0.717) is 19.3 Å². The Bertz CT molecular complexity index is 879. The second kappa shape index (κ2) is 11.4. The van der Waals surface area contributed by atoms with Crippen molar-refractivity contribution in [2.24, 2.45) is 15.8 Å². The molecule has 4 nitrogen and oxygen atoms in total. The zero-order valence-corrected chi connectivity index (χ0v) is 21.2. The maximum atomic E-state index is 13.5. The minimum absolute atomic E-state index is 0.118. The van der Waals surface area contributed by atoms with Crippen molar-refractivity contribution in [3.63, 3.8) is 0 Å². The molecule has 0 aliphatic heterocycles. The van der Waals surface area contributed by atoms with Gasteiger partial charge in [-0.05, 0) is 17.3 Å². The molecule has 2 rings (SSSR count). The number of nitrogens with zero attached hydrogens (tertiary/aromatic N) is 1. The first-order valence-electron chi connectivity index (χ1n) is 11.8. The maximum absolute atomic E-state index is 13.5. The van der Waals surface area contributed by atoms with Crippen molar-refractivity contribution in [2.45, 2.75) is 79.9 Å². The van der Waals surface area contributed by atoms with E-state index in [1.165, 1.54) is 0 Å². The van der Waals surface area contributed by atoms with Crippen LogP contribution in [0.5, 0.6) is 0 Å². The molecule has 0 aliphatic carbocycles. The number of esters is 1. The van der Waals surface area contributed by atoms with Gasteiger partial charge in [-0.15, -0.1) is 0 Å². The van der Waals surface area contributed by atoms with Crippen LogP contribution in [-0.4, -0.2) is 29.6 Å². The Balaban J connectivity index is 2.50. The molecule has 0 aromatic heterocycles. The Morgan fingerprint density at radius 3 is 1.67 bits per heavy atom. The number of carbonyl (C=O) groups is 2. The molecule has 178 valence electrons. The van der Waals surface area contributed by atoms with Gasteiger partial charge in [-0.2, -0.15) is 0 Å². The molecule has 0 aliphatic rings. The molecule has 0 spiro atoms. The van der Waals surface area contributed by atoms with E-state index in [0.717, 1.165) is 16.8 Å². The largest absolute Gasteiger partial charge is 0.460 e. The third-order valence-corrected chi connectivity index (χ3v) is 5.55. The predicted octanol–water partition coefficient (Wildman–Crippen LogP) is 6.66. The lowest BCUT2D eigenvalue weighted by Crippen LogP contribution is -2.44. The second-order valence-electron chi connectivity index (χ2n) is 10.7. The number of rotatable bonds is 9. The summed E-state index contributed by atoms with van der Waals surface area (Å²) in [5.74, 6) is -0.259. The van der Waals surface area contributed by atoms with Crippen LogP contribution in [0.3, 0.4) is 0 Å². The summed E-state index contributed by atoms with van der Waals surface area (Å²) in [6.45, 7) is 14.3. The molecule has 1 atom stereocenters. The lowest BCUT2D eigenvalue weighted by molar-refractivity contribution is -0.165. The van der Waals surface area contributed by atoms with Crippen LogP contribution in [0.4, 0.5) is 0 Å². The first-order valence-corrected chi connectivity index (χ1v) is 11.8. The number of benzene rings is 2. The van der Waals surface area contributed by atoms with Gasteiger partial charge in [-0.25, -0.2) is 4.79 Å². The zero-order chi connectivity index (χ0) is 24.6. The number of aliphatic imine (C=N–C) groups is 1. The highest BCUT2D eigenvalue weighted by Crippen LogP contribution is 2.36. The summed E-state index contributed by atoms with van der Waals surface area (Å²) in [5, 5.41) is 0. The van der Waals surface area contributed by atoms with Crippen molar-refractivity contribution >= 4 is 17.5 Å². The summed E-state index contributed by atoms with van der Waals surface area (Å²) in [6, 6.07) is 18.9. The highest BCUT2D eigenvalue weighted by atomic mass is 16.5. The SMILES string of the molecule is CCC(=O)CC[C@@H](N=C(c1ccccc1)c1ccccc1)C(=O)OC(C(C)(C)C)C(C)(C)C. The number of carbonyl (C=O) groups excluding carboxylic acids is 2. The summed E-state index contributed by atoms with van der Waals surface area (Å²) in [5.41, 5.74) is 2.11. The van der Waals surface area contributed by atoms with Gasteiger partial charge >= 0.3 is 5.97 Å². The van der Waals surface area contributed by atoms with E-state index in [4.69, 9.17) is 9.73 Å². The smallest absolute Gasteiger partial charge is 0.331 e. The Morgan fingerprint density at radius 1 is 0.818 bits per heavy atom. The van der Waals surface area contributed by atoms with E-state index >= 15 is 0 Å². The fraction of sp³-hybridized carbons (Fsp3) is 0.483. The topological polar surface area (TPSA) is 55.7 Å². The van der Waals surface area contributed by atoms with E-state index < -0.39 is 6.04 Å². The van der Waals surface area contributed by atoms with Crippen LogP contribution in [0.1, 0.15) is 78.9 Å². The van der Waals surface area contributed by atoms with Crippen LogP contribution in [0.25, 0.3) is 0 Å². The quantitative estimate of drug-likeness (QED) is 0.318. The van der Waals surface area contributed by atoms with Crippen molar-refractivity contribution in [3.05, 3.63) is 71.8 Å². The molecule has 2 aromatic carbocycles. The van der Waals surface area contributed by atoms with E-state index in [2.05, 4.69) is 41.5 Å². The lowest BCUT2D eigenvalue weighted by atomic mass is 9.74. The Hall–Kier alpha value is -2.75. The summed E-state index contributed by atoms with van der Waals surface area (Å²) in [7, 11) is 0. The lowest BCUT2D eigenvalue weighted by Gasteiger charge is -2.40. The first-order chi connectivity index (χ1) is 15.4. The fourth-order valence-corrected chi connectivity index (χ4v) is 4.22. The number of ketones is 1. The number of hydrogen-bond acceptors (Lipinski definition) is 4. The third-order valence-electron chi connectivity index (χ3n) is 5.55. The van der Waals surface area contributed by atoms with Crippen LogP contribution >= 0.6 is 0 Å². The van der Waals surface area contributed by atoms with Crippen LogP contribution < -0.4 is 0 Å². The molecule has 33 heavy (non-hydrogen) atoms. The normalized spacial score (nSPS) is 12.8. The number of hydrogen-bond donors (Lipinski definition) is 0. The summed E-state index contributed by atoms with van der Waals surface area (Å²) < 4.78 is 6.12. The van der Waals surface area contributed by atoms with Crippen LogP contribution in [-0.2, 0) is 14.3 Å². The van der Waals surface area contributed by atoms with Gasteiger partial charge in [0.25, 0.3) is 0 Å². The molecule has 0 fully saturated rings. The molecule has 4 heteroatoms. The van der Waals surface area contributed by atoms with Crippen molar-refractivity contribution in [3.8, 4) is 0 Å². The van der Waals surface area contributed by atoms with E-state index in [-0.39, 0.29) is 28.7 Å². The van der Waals surface area contributed by atoms with Gasteiger partial charge < -0.3 is 4.74 Å². The Morgan fingerprint density at radius 2 is 1.27 bits per heavy atom. The second-order valence-corrected chi connectivity index (χ2v) is 10.7. The van der Waals surface area contributed by atoms with Crippen molar-refractivity contribution in [1.82, 2.24) is 0 Å².